The summed E-state index contributed by atoms with van der Waals surface area (Å²) in [7, 11) is 0.922. The second kappa shape index (κ2) is 1.82. The van der Waals surface area contributed by atoms with Crippen LogP contribution < -0.4 is 0 Å². The summed E-state index contributed by atoms with van der Waals surface area (Å²) in [6.45, 7) is 5.34. The third-order valence-corrected chi connectivity index (χ3v) is 3.54. The zero-order chi connectivity index (χ0) is 6.20. The van der Waals surface area contributed by atoms with Crippen LogP contribution in [0.25, 0.3) is 0 Å². The number of hydrogen-bond donors (Lipinski definition) is 0. The van der Waals surface area contributed by atoms with E-state index in [1.165, 1.54) is 6.17 Å². The van der Waals surface area contributed by atoms with Crippen molar-refractivity contribution >= 4 is 8.32 Å². The minimum atomic E-state index is -1.18. The highest BCUT2D eigenvalue weighted by molar-refractivity contribution is 6.71. The van der Waals surface area contributed by atoms with E-state index in [0.29, 0.717) is 0 Å². The Morgan fingerprint density at radius 3 is 2.25 bits per heavy atom. The van der Waals surface area contributed by atoms with Crippen LogP contribution in [0.5, 0.6) is 0 Å². The lowest BCUT2D eigenvalue weighted by atomic mass is 10.9. The van der Waals surface area contributed by atoms with Crippen molar-refractivity contribution in [2.24, 2.45) is 0 Å². The molecular weight excluding hydrogens is 118 g/mol. The summed E-state index contributed by atoms with van der Waals surface area (Å²) in [4.78, 5) is 2.23. The molecule has 3 heteroatoms. The van der Waals surface area contributed by atoms with Gasteiger partial charge in [-0.15, -0.1) is 0 Å². The largest absolute Gasteiger partial charge is 0.403 e. The average molecular weight is 131 g/mol. The lowest BCUT2D eigenvalue weighted by Crippen LogP contribution is -2.31. The van der Waals surface area contributed by atoms with E-state index in [4.69, 9.17) is 4.43 Å². The molecule has 0 spiro atoms. The Kier molecular flexibility index (Phi) is 1.43. The molecule has 1 fully saturated rings. The fraction of sp³-hybridized carbons (Fsp3) is 1.00. The molecule has 0 amide bonds. The van der Waals surface area contributed by atoms with Gasteiger partial charge in [0.25, 0.3) is 0 Å². The SMILES string of the molecule is CN1CO[Si](C)(C)C1. The first kappa shape index (κ1) is 6.26. The summed E-state index contributed by atoms with van der Waals surface area (Å²) in [6, 6.07) is 0. The topological polar surface area (TPSA) is 12.5 Å². The van der Waals surface area contributed by atoms with E-state index in [2.05, 4.69) is 25.0 Å². The van der Waals surface area contributed by atoms with E-state index in [1.807, 2.05) is 0 Å². The Bertz CT molecular complexity index is 94.4. The van der Waals surface area contributed by atoms with Crippen molar-refractivity contribution < 1.29 is 4.43 Å². The lowest BCUT2D eigenvalue weighted by molar-refractivity contribution is 0.224. The maximum Gasteiger partial charge on any atom is 0.202 e. The van der Waals surface area contributed by atoms with Crippen molar-refractivity contribution in [2.75, 3.05) is 19.9 Å². The summed E-state index contributed by atoms with van der Waals surface area (Å²) >= 11 is 0. The molecule has 0 aromatic rings. The van der Waals surface area contributed by atoms with Gasteiger partial charge >= 0.3 is 0 Å². The third kappa shape index (κ3) is 1.31. The quantitative estimate of drug-likeness (QED) is 0.448. The van der Waals surface area contributed by atoms with Crippen LogP contribution in [0.3, 0.4) is 0 Å². The van der Waals surface area contributed by atoms with Crippen LogP contribution in [0.4, 0.5) is 0 Å². The van der Waals surface area contributed by atoms with Gasteiger partial charge in [-0.05, 0) is 20.1 Å². The van der Waals surface area contributed by atoms with Gasteiger partial charge in [-0.3, -0.25) is 4.90 Å². The molecule has 1 rings (SSSR count). The monoisotopic (exact) mass is 131 g/mol. The van der Waals surface area contributed by atoms with E-state index in [-0.39, 0.29) is 0 Å². The van der Waals surface area contributed by atoms with Gasteiger partial charge < -0.3 is 4.43 Å². The van der Waals surface area contributed by atoms with Gasteiger partial charge in [0.1, 0.15) is 0 Å². The molecular formula is C5H13NOSi. The van der Waals surface area contributed by atoms with Gasteiger partial charge in [0.2, 0.25) is 8.32 Å². The van der Waals surface area contributed by atoms with E-state index in [9.17, 15) is 0 Å². The standard InChI is InChI=1S/C5H13NOSi/c1-6-4-7-8(2,3)5-6/h4-5H2,1-3H3. The molecule has 0 unspecified atom stereocenters. The number of hydrogen-bond acceptors (Lipinski definition) is 2. The Morgan fingerprint density at radius 2 is 2.12 bits per heavy atom. The van der Waals surface area contributed by atoms with Gasteiger partial charge in [-0.1, -0.05) is 0 Å². The molecule has 8 heavy (non-hydrogen) atoms. The molecule has 2 nitrogen and oxygen atoms in total. The Labute approximate surface area is 51.6 Å². The molecule has 0 aromatic heterocycles. The highest BCUT2D eigenvalue weighted by Gasteiger charge is 2.30. The predicted octanol–water partition coefficient (Wildman–Crippen LogP) is 0.650. The number of nitrogens with zero attached hydrogens (tertiary/aromatic N) is 1. The minimum Gasteiger partial charge on any atom is -0.403 e. The zero-order valence-electron chi connectivity index (χ0n) is 5.77. The van der Waals surface area contributed by atoms with Gasteiger partial charge in [-0.2, -0.15) is 0 Å². The second-order valence-corrected chi connectivity index (χ2v) is 7.17. The Morgan fingerprint density at radius 1 is 1.50 bits per heavy atom. The van der Waals surface area contributed by atoms with Gasteiger partial charge in [0.05, 0.1) is 6.73 Å². The van der Waals surface area contributed by atoms with E-state index >= 15 is 0 Å². The number of rotatable bonds is 0. The van der Waals surface area contributed by atoms with E-state index in [1.54, 1.807) is 0 Å². The van der Waals surface area contributed by atoms with Crippen molar-refractivity contribution in [1.29, 1.82) is 0 Å². The minimum absolute atomic E-state index is 0.846. The van der Waals surface area contributed by atoms with Crippen LogP contribution >= 0.6 is 0 Å². The summed E-state index contributed by atoms with van der Waals surface area (Å²) in [5.41, 5.74) is 0. The van der Waals surface area contributed by atoms with Crippen molar-refractivity contribution in [2.45, 2.75) is 13.1 Å². The maximum absolute atomic E-state index is 5.52. The molecule has 48 valence electrons. The van der Waals surface area contributed by atoms with Gasteiger partial charge in [0, 0.05) is 6.17 Å². The maximum atomic E-state index is 5.52. The molecule has 0 N–H and O–H groups in total. The lowest BCUT2D eigenvalue weighted by Gasteiger charge is -2.10. The van der Waals surface area contributed by atoms with E-state index < -0.39 is 8.32 Å². The second-order valence-electron chi connectivity index (χ2n) is 3.05. The van der Waals surface area contributed by atoms with Crippen molar-refractivity contribution in [1.82, 2.24) is 4.90 Å². The summed E-state index contributed by atoms with van der Waals surface area (Å²) in [5, 5.41) is 0. The molecule has 0 saturated carbocycles. The normalized spacial score (nSPS) is 28.9. The van der Waals surface area contributed by atoms with Gasteiger partial charge in [0.15, 0.2) is 0 Å². The molecule has 1 saturated heterocycles. The zero-order valence-corrected chi connectivity index (χ0v) is 6.77. The fourth-order valence-electron chi connectivity index (χ4n) is 1.03. The first-order valence-corrected chi connectivity index (χ1v) is 6.04. The molecule has 0 bridgehead atoms. The average Bonchev–Trinajstić information content (AvgIpc) is 1.82. The molecule has 1 heterocycles. The predicted molar refractivity (Wildman–Crippen MR) is 36.1 cm³/mol. The van der Waals surface area contributed by atoms with Crippen LogP contribution in [0.1, 0.15) is 0 Å². The van der Waals surface area contributed by atoms with Crippen LogP contribution in [-0.2, 0) is 4.43 Å². The molecule has 1 aliphatic rings. The summed E-state index contributed by atoms with van der Waals surface area (Å²) in [6.07, 6.45) is 1.19. The van der Waals surface area contributed by atoms with E-state index in [0.717, 1.165) is 6.73 Å². The summed E-state index contributed by atoms with van der Waals surface area (Å²) in [5.74, 6) is 0. The van der Waals surface area contributed by atoms with Crippen molar-refractivity contribution in [3.8, 4) is 0 Å². The highest BCUT2D eigenvalue weighted by atomic mass is 28.4. The van der Waals surface area contributed by atoms with Crippen LogP contribution in [0.15, 0.2) is 0 Å². The Hall–Kier alpha value is 0.137. The fourth-order valence-corrected chi connectivity index (χ4v) is 3.08. The summed E-state index contributed by atoms with van der Waals surface area (Å²) < 4.78 is 5.52. The van der Waals surface area contributed by atoms with Gasteiger partial charge in [-0.25, -0.2) is 0 Å². The molecule has 0 aliphatic carbocycles. The first-order chi connectivity index (χ1) is 3.60. The Balaban J connectivity index is 2.44. The van der Waals surface area contributed by atoms with Crippen LogP contribution in [-0.4, -0.2) is 33.2 Å². The smallest absolute Gasteiger partial charge is 0.202 e. The van der Waals surface area contributed by atoms with Crippen molar-refractivity contribution in [3.63, 3.8) is 0 Å². The van der Waals surface area contributed by atoms with Crippen LogP contribution in [0, 0.1) is 0 Å². The molecule has 0 aromatic carbocycles. The van der Waals surface area contributed by atoms with Crippen LogP contribution in [0.2, 0.25) is 13.1 Å². The highest BCUT2D eigenvalue weighted by Crippen LogP contribution is 2.12. The molecule has 0 radical (unpaired) electrons. The molecule has 0 atom stereocenters. The molecule has 1 aliphatic heterocycles. The third-order valence-electron chi connectivity index (χ3n) is 1.33. The van der Waals surface area contributed by atoms with Crippen molar-refractivity contribution in [3.05, 3.63) is 0 Å². The first-order valence-electron chi connectivity index (χ1n) is 2.93.